The Morgan fingerprint density at radius 1 is 1.47 bits per heavy atom. The van der Waals surface area contributed by atoms with Crippen molar-refractivity contribution in [3.63, 3.8) is 0 Å². The van der Waals surface area contributed by atoms with Crippen LogP contribution < -0.4 is 5.73 Å². The molecule has 0 spiro atoms. The van der Waals surface area contributed by atoms with Crippen LogP contribution >= 0.6 is 27.3 Å². The molecule has 0 saturated carbocycles. The van der Waals surface area contributed by atoms with Crippen molar-refractivity contribution in [2.75, 3.05) is 5.73 Å². The third-order valence-electron chi connectivity index (χ3n) is 1.95. The molecule has 1 aromatic carbocycles. The van der Waals surface area contributed by atoms with E-state index in [-0.39, 0.29) is 5.82 Å². The van der Waals surface area contributed by atoms with Crippen molar-refractivity contribution in [2.45, 2.75) is 6.42 Å². The summed E-state index contributed by atoms with van der Waals surface area (Å²) in [7, 11) is 0. The number of nitrogen functional groups attached to an aromatic ring is 1. The zero-order valence-electron chi connectivity index (χ0n) is 7.71. The molecular formula is C10H8BrFN2S. The molecule has 78 valence electrons. The van der Waals surface area contributed by atoms with Crippen LogP contribution in [0, 0.1) is 5.82 Å². The molecule has 1 heterocycles. The highest BCUT2D eigenvalue weighted by Gasteiger charge is 2.06. The molecule has 2 rings (SSSR count). The number of nitrogens with two attached hydrogens (primary N) is 1. The summed E-state index contributed by atoms with van der Waals surface area (Å²) >= 11 is 4.60. The van der Waals surface area contributed by atoms with Crippen LogP contribution in [0.4, 0.5) is 9.52 Å². The van der Waals surface area contributed by atoms with Crippen molar-refractivity contribution >= 4 is 32.4 Å². The fraction of sp³-hybridized carbons (Fsp3) is 0.100. The molecule has 2 nitrogen and oxygen atoms in total. The molecule has 2 N–H and O–H groups in total. The van der Waals surface area contributed by atoms with Crippen molar-refractivity contribution in [1.29, 1.82) is 0 Å². The van der Waals surface area contributed by atoms with E-state index in [1.54, 1.807) is 12.3 Å². The van der Waals surface area contributed by atoms with Gasteiger partial charge in [0.1, 0.15) is 5.82 Å². The third kappa shape index (κ3) is 2.54. The Hall–Kier alpha value is -0.940. The quantitative estimate of drug-likeness (QED) is 0.921. The van der Waals surface area contributed by atoms with Gasteiger partial charge in [0.2, 0.25) is 0 Å². The molecule has 0 fully saturated rings. The Morgan fingerprint density at radius 3 is 2.87 bits per heavy atom. The SMILES string of the molecule is Nc1ncc(Cc2ccc(Br)cc2F)s1. The fourth-order valence-electron chi connectivity index (χ4n) is 1.26. The van der Waals surface area contributed by atoms with Crippen LogP contribution in [0.15, 0.2) is 28.9 Å². The molecular weight excluding hydrogens is 279 g/mol. The van der Waals surface area contributed by atoms with E-state index in [0.717, 1.165) is 9.35 Å². The van der Waals surface area contributed by atoms with E-state index in [4.69, 9.17) is 5.73 Å². The van der Waals surface area contributed by atoms with Gasteiger partial charge in [-0.25, -0.2) is 9.37 Å². The van der Waals surface area contributed by atoms with E-state index in [1.165, 1.54) is 17.4 Å². The lowest BCUT2D eigenvalue weighted by molar-refractivity contribution is 0.613. The first-order valence-electron chi connectivity index (χ1n) is 4.29. The van der Waals surface area contributed by atoms with Gasteiger partial charge in [-0.1, -0.05) is 22.0 Å². The second kappa shape index (κ2) is 4.28. The molecule has 15 heavy (non-hydrogen) atoms. The molecule has 0 aliphatic carbocycles. The molecule has 0 bridgehead atoms. The van der Waals surface area contributed by atoms with Crippen LogP contribution in [0.5, 0.6) is 0 Å². The number of rotatable bonds is 2. The van der Waals surface area contributed by atoms with Crippen molar-refractivity contribution < 1.29 is 4.39 Å². The Morgan fingerprint density at radius 2 is 2.27 bits per heavy atom. The first kappa shape index (κ1) is 10.6. The second-order valence-electron chi connectivity index (χ2n) is 3.08. The highest BCUT2D eigenvalue weighted by atomic mass is 79.9. The van der Waals surface area contributed by atoms with Crippen molar-refractivity contribution in [3.8, 4) is 0 Å². The van der Waals surface area contributed by atoms with Gasteiger partial charge < -0.3 is 5.73 Å². The zero-order chi connectivity index (χ0) is 10.8. The predicted octanol–water partition coefficient (Wildman–Crippen LogP) is 3.22. The first-order chi connectivity index (χ1) is 7.15. The number of hydrogen-bond donors (Lipinski definition) is 1. The summed E-state index contributed by atoms with van der Waals surface area (Å²) in [6.45, 7) is 0. The number of thiazole rings is 1. The lowest BCUT2D eigenvalue weighted by Crippen LogP contribution is -1.90. The van der Waals surface area contributed by atoms with Crippen LogP contribution in [-0.2, 0) is 6.42 Å². The minimum Gasteiger partial charge on any atom is -0.375 e. The average Bonchev–Trinajstić information content (AvgIpc) is 2.56. The third-order valence-corrected chi connectivity index (χ3v) is 3.27. The fourth-order valence-corrected chi connectivity index (χ4v) is 2.30. The van der Waals surface area contributed by atoms with Crippen LogP contribution in [0.3, 0.4) is 0 Å². The van der Waals surface area contributed by atoms with Gasteiger partial charge in [0.25, 0.3) is 0 Å². The predicted molar refractivity (Wildman–Crippen MR) is 63.4 cm³/mol. The molecule has 0 amide bonds. The number of benzene rings is 1. The minimum atomic E-state index is -0.212. The molecule has 0 aliphatic rings. The summed E-state index contributed by atoms with van der Waals surface area (Å²) in [4.78, 5) is 4.89. The van der Waals surface area contributed by atoms with Crippen LogP contribution in [0.25, 0.3) is 0 Å². The van der Waals surface area contributed by atoms with Gasteiger partial charge in [0, 0.05) is 22.0 Å². The summed E-state index contributed by atoms with van der Waals surface area (Å²) in [5.74, 6) is -0.212. The highest BCUT2D eigenvalue weighted by molar-refractivity contribution is 9.10. The smallest absolute Gasteiger partial charge is 0.180 e. The van der Waals surface area contributed by atoms with Gasteiger partial charge in [-0.2, -0.15) is 0 Å². The van der Waals surface area contributed by atoms with Gasteiger partial charge in [0.05, 0.1) is 0 Å². The largest absolute Gasteiger partial charge is 0.375 e. The van der Waals surface area contributed by atoms with Crippen LogP contribution in [0.2, 0.25) is 0 Å². The Kier molecular flexibility index (Phi) is 3.02. The lowest BCUT2D eigenvalue weighted by Gasteiger charge is -2.00. The summed E-state index contributed by atoms with van der Waals surface area (Å²) in [6.07, 6.45) is 2.22. The monoisotopic (exact) mass is 286 g/mol. The average molecular weight is 287 g/mol. The molecule has 0 saturated heterocycles. The maximum atomic E-state index is 13.5. The second-order valence-corrected chi connectivity index (χ2v) is 5.14. The standard InChI is InChI=1S/C10H8BrFN2S/c11-7-2-1-6(9(12)4-7)3-8-5-14-10(13)15-8/h1-2,4-5H,3H2,(H2,13,14). The van der Waals surface area contributed by atoms with Crippen molar-refractivity contribution in [3.05, 3.63) is 45.1 Å². The van der Waals surface area contributed by atoms with Gasteiger partial charge in [-0.15, -0.1) is 11.3 Å². The van der Waals surface area contributed by atoms with Gasteiger partial charge >= 0.3 is 0 Å². The number of aromatic nitrogens is 1. The van der Waals surface area contributed by atoms with Crippen LogP contribution in [0.1, 0.15) is 10.4 Å². The Bertz CT molecular complexity index is 484. The Balaban J connectivity index is 2.24. The van der Waals surface area contributed by atoms with Gasteiger partial charge in [-0.3, -0.25) is 0 Å². The maximum absolute atomic E-state index is 13.5. The first-order valence-corrected chi connectivity index (χ1v) is 5.90. The van der Waals surface area contributed by atoms with E-state index in [1.807, 2.05) is 6.07 Å². The van der Waals surface area contributed by atoms with Gasteiger partial charge in [-0.05, 0) is 17.7 Å². The number of anilines is 1. The zero-order valence-corrected chi connectivity index (χ0v) is 10.1. The van der Waals surface area contributed by atoms with E-state index in [0.29, 0.717) is 17.1 Å². The molecule has 1 aromatic heterocycles. The molecule has 0 atom stereocenters. The van der Waals surface area contributed by atoms with E-state index in [2.05, 4.69) is 20.9 Å². The van der Waals surface area contributed by atoms with Crippen molar-refractivity contribution in [1.82, 2.24) is 4.98 Å². The van der Waals surface area contributed by atoms with Crippen molar-refractivity contribution in [2.24, 2.45) is 0 Å². The molecule has 0 unspecified atom stereocenters. The summed E-state index contributed by atoms with van der Waals surface area (Å²) in [5.41, 5.74) is 6.16. The highest BCUT2D eigenvalue weighted by Crippen LogP contribution is 2.22. The Labute approximate surface area is 99.1 Å². The summed E-state index contributed by atoms with van der Waals surface area (Å²) in [5, 5.41) is 0.516. The van der Waals surface area contributed by atoms with Crippen LogP contribution in [-0.4, -0.2) is 4.98 Å². The number of hydrogen-bond acceptors (Lipinski definition) is 3. The lowest BCUT2D eigenvalue weighted by atomic mass is 10.1. The molecule has 0 radical (unpaired) electrons. The number of nitrogens with zero attached hydrogens (tertiary/aromatic N) is 1. The number of halogens is 2. The van der Waals surface area contributed by atoms with Gasteiger partial charge in [0.15, 0.2) is 5.13 Å². The topological polar surface area (TPSA) is 38.9 Å². The normalized spacial score (nSPS) is 10.5. The molecule has 0 aliphatic heterocycles. The summed E-state index contributed by atoms with van der Waals surface area (Å²) in [6, 6.07) is 5.04. The molecule has 5 heteroatoms. The van der Waals surface area contributed by atoms with E-state index < -0.39 is 0 Å². The minimum absolute atomic E-state index is 0.212. The summed E-state index contributed by atoms with van der Waals surface area (Å²) < 4.78 is 14.2. The van der Waals surface area contributed by atoms with E-state index in [9.17, 15) is 4.39 Å². The van der Waals surface area contributed by atoms with E-state index >= 15 is 0 Å². The molecule has 2 aromatic rings. The maximum Gasteiger partial charge on any atom is 0.180 e.